The highest BCUT2D eigenvalue weighted by Crippen LogP contribution is 2.39. The van der Waals surface area contributed by atoms with Crippen LogP contribution in [0.25, 0.3) is 22.4 Å². The summed E-state index contributed by atoms with van der Waals surface area (Å²) in [5.41, 5.74) is 7.98. The van der Waals surface area contributed by atoms with E-state index < -0.39 is 5.82 Å². The van der Waals surface area contributed by atoms with Crippen molar-refractivity contribution in [3.8, 4) is 17.2 Å². The molecule has 1 aliphatic rings. The van der Waals surface area contributed by atoms with Gasteiger partial charge in [-0.2, -0.15) is 4.98 Å². The van der Waals surface area contributed by atoms with Crippen LogP contribution in [0.1, 0.15) is 31.2 Å². The Morgan fingerprint density at radius 2 is 2.07 bits per heavy atom. The molecule has 1 aliphatic heterocycles. The molecule has 7 nitrogen and oxygen atoms in total. The fraction of sp³-hybridized carbons (Fsp3) is 0.450. The average molecular weight is 385 g/mol. The van der Waals surface area contributed by atoms with E-state index in [9.17, 15) is 4.39 Å². The molecule has 2 aromatic heterocycles. The smallest absolute Gasteiger partial charge is 0.261 e. The number of aryl methyl sites for hydroxylation is 2. The van der Waals surface area contributed by atoms with Crippen LogP contribution in [0.4, 0.5) is 10.2 Å². The van der Waals surface area contributed by atoms with Gasteiger partial charge in [0.1, 0.15) is 17.1 Å². The normalized spacial score (nSPS) is 20.0. The van der Waals surface area contributed by atoms with Crippen LogP contribution in [0.2, 0.25) is 0 Å². The highest BCUT2D eigenvalue weighted by atomic mass is 19.1. The molecule has 0 saturated carbocycles. The molecule has 1 fully saturated rings. The highest BCUT2D eigenvalue weighted by molar-refractivity contribution is 5.93. The van der Waals surface area contributed by atoms with Crippen LogP contribution in [0, 0.1) is 19.7 Å². The summed E-state index contributed by atoms with van der Waals surface area (Å²) in [6, 6.07) is 3.46. The number of pyridine rings is 1. The minimum Gasteiger partial charge on any atom is -0.497 e. The number of halogens is 1. The second-order valence-electron chi connectivity index (χ2n) is 7.41. The summed E-state index contributed by atoms with van der Waals surface area (Å²) in [6.45, 7) is 6.52. The van der Waals surface area contributed by atoms with Crippen molar-refractivity contribution >= 4 is 16.7 Å². The van der Waals surface area contributed by atoms with E-state index in [1.165, 1.54) is 13.2 Å². The van der Waals surface area contributed by atoms with E-state index >= 15 is 0 Å². The van der Waals surface area contributed by atoms with Crippen LogP contribution in [-0.4, -0.2) is 40.9 Å². The molecule has 0 unspecified atom stereocenters. The van der Waals surface area contributed by atoms with Crippen LogP contribution in [0.3, 0.4) is 0 Å². The number of nitrogens with zero attached hydrogens (tertiary/aromatic N) is 4. The summed E-state index contributed by atoms with van der Waals surface area (Å²) in [6.07, 6.45) is 1.68. The molecule has 0 amide bonds. The van der Waals surface area contributed by atoms with Gasteiger partial charge in [0.25, 0.3) is 5.89 Å². The molecule has 2 N–H and O–H groups in total. The number of nitrogens with two attached hydrogens (primary N) is 1. The van der Waals surface area contributed by atoms with Gasteiger partial charge in [-0.05, 0) is 45.2 Å². The first kappa shape index (κ1) is 18.6. The van der Waals surface area contributed by atoms with Crippen molar-refractivity contribution < 1.29 is 13.7 Å². The van der Waals surface area contributed by atoms with Crippen LogP contribution >= 0.6 is 0 Å². The molecular formula is C20H24FN5O2. The Morgan fingerprint density at radius 3 is 2.71 bits per heavy atom. The Hall–Kier alpha value is -2.74. The summed E-state index contributed by atoms with van der Waals surface area (Å²) in [5.74, 6) is 1.58. The molecule has 1 aromatic carbocycles. The van der Waals surface area contributed by atoms with E-state index in [0.717, 1.165) is 30.5 Å². The molecular weight excluding hydrogens is 361 g/mol. The van der Waals surface area contributed by atoms with Gasteiger partial charge in [0.15, 0.2) is 11.6 Å². The summed E-state index contributed by atoms with van der Waals surface area (Å²) in [4.78, 5) is 11.3. The topological polar surface area (TPSA) is 90.3 Å². The first-order valence-corrected chi connectivity index (χ1v) is 9.39. The maximum atomic E-state index is 14.8. The van der Waals surface area contributed by atoms with Gasteiger partial charge in [0, 0.05) is 30.1 Å². The van der Waals surface area contributed by atoms with Crippen molar-refractivity contribution in [1.82, 2.24) is 15.1 Å². The molecule has 28 heavy (non-hydrogen) atoms. The molecule has 2 atom stereocenters. The van der Waals surface area contributed by atoms with E-state index in [0.29, 0.717) is 34.2 Å². The lowest BCUT2D eigenvalue weighted by Gasteiger charge is -2.38. The minimum absolute atomic E-state index is 0.155. The summed E-state index contributed by atoms with van der Waals surface area (Å²) in [7, 11) is 1.51. The molecule has 0 aliphatic carbocycles. The fourth-order valence-electron chi connectivity index (χ4n) is 3.94. The number of methoxy groups -OCH3 is 1. The molecule has 148 valence electrons. The van der Waals surface area contributed by atoms with Gasteiger partial charge in [-0.25, -0.2) is 9.37 Å². The van der Waals surface area contributed by atoms with E-state index in [-0.39, 0.29) is 12.1 Å². The molecule has 4 rings (SSSR count). The zero-order valence-corrected chi connectivity index (χ0v) is 16.5. The molecule has 3 heterocycles. The van der Waals surface area contributed by atoms with Crippen molar-refractivity contribution in [2.75, 3.05) is 18.6 Å². The molecule has 1 saturated heterocycles. The Bertz CT molecular complexity index is 1040. The number of rotatable bonds is 3. The SMILES string of the molecule is COc1cc(F)c2nc(N3CC[C@H](N)C[C@H]3C)c(-c3nc(C)no3)c(C)c2c1. The van der Waals surface area contributed by atoms with Crippen molar-refractivity contribution in [3.63, 3.8) is 0 Å². The maximum absolute atomic E-state index is 14.8. The van der Waals surface area contributed by atoms with Gasteiger partial charge in [-0.3, -0.25) is 0 Å². The third kappa shape index (κ3) is 3.07. The van der Waals surface area contributed by atoms with Gasteiger partial charge in [-0.1, -0.05) is 5.16 Å². The average Bonchev–Trinajstić information content (AvgIpc) is 3.08. The van der Waals surface area contributed by atoms with Crippen LogP contribution in [0.15, 0.2) is 16.7 Å². The van der Waals surface area contributed by atoms with E-state index in [1.807, 2.05) is 6.92 Å². The lowest BCUT2D eigenvalue weighted by Crippen LogP contribution is -2.46. The number of ether oxygens (including phenoxy) is 1. The first-order chi connectivity index (χ1) is 13.4. The van der Waals surface area contributed by atoms with Crippen molar-refractivity contribution in [3.05, 3.63) is 29.3 Å². The van der Waals surface area contributed by atoms with Gasteiger partial charge in [0.2, 0.25) is 0 Å². The van der Waals surface area contributed by atoms with Crippen LogP contribution in [0.5, 0.6) is 5.75 Å². The molecule has 0 bridgehead atoms. The van der Waals surface area contributed by atoms with E-state index in [2.05, 4.69) is 22.0 Å². The van der Waals surface area contributed by atoms with Crippen molar-refractivity contribution in [2.24, 2.45) is 5.73 Å². The highest BCUT2D eigenvalue weighted by Gasteiger charge is 2.30. The Morgan fingerprint density at radius 1 is 1.29 bits per heavy atom. The number of aromatic nitrogens is 3. The second-order valence-corrected chi connectivity index (χ2v) is 7.41. The molecule has 0 radical (unpaired) electrons. The zero-order valence-electron chi connectivity index (χ0n) is 16.5. The van der Waals surface area contributed by atoms with Gasteiger partial charge >= 0.3 is 0 Å². The van der Waals surface area contributed by atoms with Gasteiger partial charge < -0.3 is 19.9 Å². The lowest BCUT2D eigenvalue weighted by atomic mass is 9.96. The Balaban J connectivity index is 2.00. The largest absolute Gasteiger partial charge is 0.497 e. The van der Waals surface area contributed by atoms with Crippen LogP contribution < -0.4 is 15.4 Å². The number of hydrogen-bond donors (Lipinski definition) is 1. The Labute approximate surface area is 162 Å². The number of piperidine rings is 1. The predicted octanol–water partition coefficient (Wildman–Crippen LogP) is 3.37. The van der Waals surface area contributed by atoms with Gasteiger partial charge in [-0.15, -0.1) is 0 Å². The van der Waals surface area contributed by atoms with Crippen molar-refractivity contribution in [2.45, 2.75) is 45.7 Å². The van der Waals surface area contributed by atoms with Crippen LogP contribution in [-0.2, 0) is 0 Å². The first-order valence-electron chi connectivity index (χ1n) is 9.39. The number of hydrogen-bond acceptors (Lipinski definition) is 7. The number of benzene rings is 1. The molecule has 8 heteroatoms. The van der Waals surface area contributed by atoms with Crippen molar-refractivity contribution in [1.29, 1.82) is 0 Å². The standard InChI is InChI=1S/C20H24FN5O2/c1-10-7-13(22)5-6-26(10)19-17(20-23-12(3)25-28-20)11(2)15-8-14(27-4)9-16(21)18(15)24-19/h8-10,13H,5-7,22H2,1-4H3/t10-,13+/m1/s1. The Kier molecular flexibility index (Phi) is 4.66. The van der Waals surface area contributed by atoms with Gasteiger partial charge in [0.05, 0.1) is 12.7 Å². The maximum Gasteiger partial charge on any atom is 0.261 e. The number of fused-ring (bicyclic) bond motifs is 1. The minimum atomic E-state index is -0.423. The van der Waals surface area contributed by atoms with E-state index in [1.54, 1.807) is 13.0 Å². The summed E-state index contributed by atoms with van der Waals surface area (Å²) < 4.78 is 25.5. The zero-order chi connectivity index (χ0) is 20.0. The summed E-state index contributed by atoms with van der Waals surface area (Å²) in [5, 5.41) is 4.59. The van der Waals surface area contributed by atoms with E-state index in [4.69, 9.17) is 20.0 Å². The quantitative estimate of drug-likeness (QED) is 0.739. The molecule has 0 spiro atoms. The molecule has 3 aromatic rings. The summed E-state index contributed by atoms with van der Waals surface area (Å²) >= 11 is 0. The third-order valence-electron chi connectivity index (χ3n) is 5.42. The predicted molar refractivity (Wildman–Crippen MR) is 105 cm³/mol. The fourth-order valence-corrected chi connectivity index (χ4v) is 3.94. The number of anilines is 1. The second kappa shape index (κ2) is 7.01. The monoisotopic (exact) mass is 385 g/mol. The third-order valence-corrected chi connectivity index (χ3v) is 5.42. The lowest BCUT2D eigenvalue weighted by molar-refractivity contribution is 0.412.